The first-order valence-corrected chi connectivity index (χ1v) is 12.3. The number of hydrogen-bond acceptors (Lipinski definition) is 10. The number of hydrogen-bond donors (Lipinski definition) is 3. The van der Waals surface area contributed by atoms with Crippen LogP contribution in [0, 0.1) is 12.3 Å². The Morgan fingerprint density at radius 2 is 2.09 bits per heavy atom. The van der Waals surface area contributed by atoms with Crippen LogP contribution in [-0.4, -0.2) is 50.0 Å². The predicted octanol–water partition coefficient (Wildman–Crippen LogP) is 2.95. The molecule has 5 heterocycles. The number of nitrogens with zero attached hydrogens (tertiary/aromatic N) is 6. The second-order valence-electron chi connectivity index (χ2n) is 8.66. The summed E-state index contributed by atoms with van der Waals surface area (Å²) in [5, 5.41) is 15.6. The summed E-state index contributed by atoms with van der Waals surface area (Å²) in [6.45, 7) is 4.17. The standard InChI is InChI=1S/C22H27ClN8O2S/c1-13-21(34-16-4-7-25-19(17(16)23)29-33-2)28-14(11-32)20(27-13)30-9-5-22(6-10-30)12-31-15(18(22)24)3-8-26-31/h3-4,7-8,18,32H,5-6,9-12,24H2,1-2H3,(H,25,29)/t18-/m1/s1. The van der Waals surface area contributed by atoms with Crippen LogP contribution in [0.4, 0.5) is 11.6 Å². The molecule has 1 atom stereocenters. The molecule has 3 aromatic heterocycles. The van der Waals surface area contributed by atoms with E-state index in [1.165, 1.54) is 18.9 Å². The van der Waals surface area contributed by atoms with Crippen LogP contribution in [0.1, 0.15) is 36.0 Å². The number of aliphatic hydroxyl groups excluding tert-OH is 1. The van der Waals surface area contributed by atoms with Gasteiger partial charge in [-0.1, -0.05) is 23.4 Å². The summed E-state index contributed by atoms with van der Waals surface area (Å²) in [5.41, 5.74) is 11.7. The number of aliphatic hydroxyl groups is 1. The van der Waals surface area contributed by atoms with E-state index in [4.69, 9.17) is 32.1 Å². The van der Waals surface area contributed by atoms with Gasteiger partial charge in [-0.2, -0.15) is 5.10 Å². The van der Waals surface area contributed by atoms with Gasteiger partial charge in [-0.15, -0.1) is 0 Å². The smallest absolute Gasteiger partial charge is 0.169 e. The van der Waals surface area contributed by atoms with E-state index >= 15 is 0 Å². The Bertz CT molecular complexity index is 1200. The zero-order valence-corrected chi connectivity index (χ0v) is 20.6. The molecule has 0 saturated carbocycles. The highest BCUT2D eigenvalue weighted by Gasteiger charge is 2.47. The minimum Gasteiger partial charge on any atom is -0.390 e. The van der Waals surface area contributed by atoms with Crippen molar-refractivity contribution in [1.29, 1.82) is 0 Å². The van der Waals surface area contributed by atoms with Gasteiger partial charge < -0.3 is 15.7 Å². The summed E-state index contributed by atoms with van der Waals surface area (Å²) in [5.74, 6) is 1.15. The van der Waals surface area contributed by atoms with E-state index in [0.717, 1.165) is 54.6 Å². The molecule has 1 saturated heterocycles. The largest absolute Gasteiger partial charge is 0.390 e. The number of halogens is 1. The minimum atomic E-state index is -0.201. The van der Waals surface area contributed by atoms with Crippen molar-refractivity contribution in [2.24, 2.45) is 11.1 Å². The summed E-state index contributed by atoms with van der Waals surface area (Å²) >= 11 is 7.84. The van der Waals surface area contributed by atoms with Gasteiger partial charge in [-0.05, 0) is 31.9 Å². The van der Waals surface area contributed by atoms with Crippen LogP contribution in [0.15, 0.2) is 34.4 Å². The fourth-order valence-corrected chi connectivity index (χ4v) is 5.98. The molecule has 3 aromatic rings. The fourth-order valence-electron chi connectivity index (χ4n) is 4.84. The molecule has 0 bridgehead atoms. The Hall–Kier alpha value is -2.44. The lowest BCUT2D eigenvalue weighted by atomic mass is 9.73. The number of aromatic nitrogens is 5. The molecular weight excluding hydrogens is 476 g/mol. The molecule has 1 spiro atoms. The normalized spacial score (nSPS) is 19.0. The third kappa shape index (κ3) is 4.01. The summed E-state index contributed by atoms with van der Waals surface area (Å²) < 4.78 is 2.03. The van der Waals surface area contributed by atoms with Crippen molar-refractivity contribution in [2.75, 3.05) is 30.6 Å². The molecule has 0 radical (unpaired) electrons. The van der Waals surface area contributed by atoms with Crippen LogP contribution in [-0.2, 0) is 18.0 Å². The highest BCUT2D eigenvalue weighted by molar-refractivity contribution is 7.99. The van der Waals surface area contributed by atoms with Crippen molar-refractivity contribution < 1.29 is 9.94 Å². The van der Waals surface area contributed by atoms with E-state index in [1.54, 1.807) is 12.3 Å². The lowest BCUT2D eigenvalue weighted by Crippen LogP contribution is -2.45. The van der Waals surface area contributed by atoms with Crippen molar-refractivity contribution in [2.45, 2.75) is 48.9 Å². The van der Waals surface area contributed by atoms with Crippen molar-refractivity contribution in [3.05, 3.63) is 46.6 Å². The topological polar surface area (TPSA) is 127 Å². The second-order valence-corrected chi connectivity index (χ2v) is 10.1. The van der Waals surface area contributed by atoms with E-state index in [2.05, 4.69) is 20.5 Å². The van der Waals surface area contributed by atoms with E-state index in [0.29, 0.717) is 21.6 Å². The molecule has 10 nitrogen and oxygen atoms in total. The predicted molar refractivity (Wildman–Crippen MR) is 130 cm³/mol. The molecule has 0 amide bonds. The van der Waals surface area contributed by atoms with Gasteiger partial charge in [0.1, 0.15) is 10.7 Å². The van der Waals surface area contributed by atoms with Gasteiger partial charge in [0, 0.05) is 42.3 Å². The average molecular weight is 503 g/mol. The Labute approximate surface area is 206 Å². The third-order valence-corrected chi connectivity index (χ3v) is 8.37. The summed E-state index contributed by atoms with van der Waals surface area (Å²) in [4.78, 5) is 21.7. The number of nitrogens with two attached hydrogens (primary N) is 1. The second kappa shape index (κ2) is 9.31. The number of aryl methyl sites for hydroxylation is 1. The lowest BCUT2D eigenvalue weighted by molar-refractivity contribution is 0.170. The summed E-state index contributed by atoms with van der Waals surface area (Å²) in [6, 6.07) is 3.81. The van der Waals surface area contributed by atoms with Crippen molar-refractivity contribution in [3.63, 3.8) is 0 Å². The summed E-state index contributed by atoms with van der Waals surface area (Å²) in [6.07, 6.45) is 5.32. The van der Waals surface area contributed by atoms with Gasteiger partial charge in [0.15, 0.2) is 11.6 Å². The van der Waals surface area contributed by atoms with E-state index in [-0.39, 0.29) is 18.1 Å². The van der Waals surface area contributed by atoms with Crippen LogP contribution in [0.25, 0.3) is 0 Å². The Morgan fingerprint density at radius 1 is 1.29 bits per heavy atom. The molecule has 0 aliphatic carbocycles. The molecule has 180 valence electrons. The Morgan fingerprint density at radius 3 is 2.79 bits per heavy atom. The van der Waals surface area contributed by atoms with Crippen LogP contribution in [0.5, 0.6) is 0 Å². The first-order valence-electron chi connectivity index (χ1n) is 11.1. The van der Waals surface area contributed by atoms with E-state index in [1.807, 2.05) is 23.9 Å². The number of nitrogens with one attached hydrogen (secondary N) is 1. The van der Waals surface area contributed by atoms with Crippen molar-refractivity contribution in [3.8, 4) is 0 Å². The highest BCUT2D eigenvalue weighted by Crippen LogP contribution is 2.48. The molecule has 5 rings (SSSR count). The van der Waals surface area contributed by atoms with Gasteiger partial charge in [0.2, 0.25) is 0 Å². The molecule has 4 N–H and O–H groups in total. The zero-order valence-electron chi connectivity index (χ0n) is 19.0. The number of fused-ring (bicyclic) bond motifs is 1. The van der Waals surface area contributed by atoms with E-state index in [9.17, 15) is 5.11 Å². The molecule has 34 heavy (non-hydrogen) atoms. The Balaban J connectivity index is 1.35. The number of piperidine rings is 1. The lowest BCUT2D eigenvalue weighted by Gasteiger charge is -2.42. The maximum atomic E-state index is 10.1. The average Bonchev–Trinajstić information content (AvgIpc) is 3.39. The molecular formula is C22H27ClN8O2S. The molecule has 2 aliphatic rings. The molecule has 0 aromatic carbocycles. The van der Waals surface area contributed by atoms with Crippen LogP contribution >= 0.6 is 23.4 Å². The first-order chi connectivity index (χ1) is 16.5. The molecule has 2 aliphatic heterocycles. The molecule has 12 heteroatoms. The highest BCUT2D eigenvalue weighted by atomic mass is 35.5. The molecule has 1 fully saturated rings. The third-order valence-electron chi connectivity index (χ3n) is 6.74. The number of pyridine rings is 1. The van der Waals surface area contributed by atoms with Gasteiger partial charge >= 0.3 is 0 Å². The first kappa shape index (κ1) is 23.3. The number of anilines is 2. The molecule has 0 unspecified atom stereocenters. The van der Waals surface area contributed by atoms with Crippen molar-refractivity contribution in [1.82, 2.24) is 24.7 Å². The van der Waals surface area contributed by atoms with Crippen LogP contribution in [0.2, 0.25) is 5.02 Å². The van der Waals surface area contributed by atoms with Gasteiger partial charge in [0.25, 0.3) is 0 Å². The van der Waals surface area contributed by atoms with Gasteiger partial charge in [-0.3, -0.25) is 9.52 Å². The quantitative estimate of drug-likeness (QED) is 0.433. The zero-order chi connectivity index (χ0) is 23.9. The van der Waals surface area contributed by atoms with Crippen LogP contribution in [0.3, 0.4) is 0 Å². The minimum absolute atomic E-state index is 0.0105. The monoisotopic (exact) mass is 502 g/mol. The maximum absolute atomic E-state index is 10.1. The summed E-state index contributed by atoms with van der Waals surface area (Å²) in [7, 11) is 1.50. The Kier molecular flexibility index (Phi) is 6.38. The van der Waals surface area contributed by atoms with E-state index < -0.39 is 0 Å². The number of rotatable bonds is 6. The SMILES string of the molecule is CONc1nccc(Sc2nc(CO)c(N3CCC4(CC3)Cn3nccc3[C@H]4N)nc2C)c1Cl. The van der Waals surface area contributed by atoms with Gasteiger partial charge in [0.05, 0.1) is 36.2 Å². The fraction of sp³-hybridized carbons (Fsp3) is 0.455. The van der Waals surface area contributed by atoms with Crippen molar-refractivity contribution >= 4 is 35.0 Å². The maximum Gasteiger partial charge on any atom is 0.169 e. The van der Waals surface area contributed by atoms with Gasteiger partial charge in [-0.25, -0.2) is 20.4 Å². The van der Waals surface area contributed by atoms with Crippen LogP contribution < -0.4 is 16.1 Å².